The minimum Gasteiger partial charge on any atom is -0.478 e. The second-order valence-electron chi connectivity index (χ2n) is 8.41. The summed E-state index contributed by atoms with van der Waals surface area (Å²) in [6, 6.07) is 0. The molecule has 0 aromatic rings. The molecule has 5 nitrogen and oxygen atoms in total. The van der Waals surface area contributed by atoms with Gasteiger partial charge in [-0.1, -0.05) is 19.9 Å². The zero-order chi connectivity index (χ0) is 18.7. The molecule has 4 N–H and O–H groups in total. The van der Waals surface area contributed by atoms with Gasteiger partial charge in [-0.25, -0.2) is 4.79 Å². The van der Waals surface area contributed by atoms with E-state index in [2.05, 4.69) is 13.8 Å². The van der Waals surface area contributed by atoms with Gasteiger partial charge in [-0.15, -0.1) is 0 Å². The molecule has 2 rings (SSSR count). The highest BCUT2D eigenvalue weighted by Crippen LogP contribution is 2.62. The molecule has 144 valence electrons. The van der Waals surface area contributed by atoms with Crippen molar-refractivity contribution >= 4 is 5.97 Å². The Bertz CT molecular complexity index is 502. The van der Waals surface area contributed by atoms with Crippen molar-refractivity contribution in [3.05, 3.63) is 11.6 Å². The van der Waals surface area contributed by atoms with Gasteiger partial charge in [-0.05, 0) is 68.1 Å². The van der Waals surface area contributed by atoms with E-state index < -0.39 is 11.4 Å². The predicted octanol–water partition coefficient (Wildman–Crippen LogP) is 2.59. The van der Waals surface area contributed by atoms with Gasteiger partial charge in [0.05, 0.1) is 6.61 Å². The minimum atomic E-state index is -0.899. The number of carbonyl (C=O) groups is 1. The second kappa shape index (κ2) is 8.19. The maximum absolute atomic E-state index is 11.8. The lowest BCUT2D eigenvalue weighted by atomic mass is 9.46. The number of hydrogen-bond donors (Lipinski definition) is 4. The van der Waals surface area contributed by atoms with Gasteiger partial charge in [0.25, 0.3) is 0 Å². The van der Waals surface area contributed by atoms with Crippen LogP contribution >= 0.6 is 0 Å². The average Bonchev–Trinajstić information content (AvgIpc) is 2.61. The highest BCUT2D eigenvalue weighted by Gasteiger charge is 2.57. The van der Waals surface area contributed by atoms with E-state index in [0.717, 1.165) is 38.5 Å². The highest BCUT2D eigenvalue weighted by molar-refractivity contribution is 5.88. The number of fused-ring (bicyclic) bond motifs is 1. The molecule has 5 atom stereocenters. The number of aliphatic carboxylic acids is 1. The van der Waals surface area contributed by atoms with Crippen LogP contribution in [0.4, 0.5) is 0 Å². The first-order valence-electron chi connectivity index (χ1n) is 9.62. The SMILES string of the molecule is C[C@@H]1CC[C@@]2(CO)C(C(=O)O)=CCC[C@@H]2[C@@]1(C)CC[C@H](CO)CCO. The molecule has 0 aliphatic heterocycles. The van der Waals surface area contributed by atoms with Crippen molar-refractivity contribution < 1.29 is 25.2 Å². The standard InChI is InChI=1S/C20H34O5/c1-14-6-10-20(13-23)16(18(24)25)4-3-5-17(20)19(14,2)9-7-15(12-22)8-11-21/h4,14-15,17,21-23H,3,5-13H2,1-2H3,(H,24,25)/t14-,15+,17-,19+,20-/m1/s1. The van der Waals surface area contributed by atoms with Crippen LogP contribution in [-0.4, -0.2) is 46.2 Å². The Balaban J connectivity index is 2.30. The van der Waals surface area contributed by atoms with Crippen LogP contribution in [0.25, 0.3) is 0 Å². The average molecular weight is 354 g/mol. The number of hydrogen-bond acceptors (Lipinski definition) is 4. The quantitative estimate of drug-likeness (QED) is 0.537. The van der Waals surface area contributed by atoms with Gasteiger partial charge in [-0.2, -0.15) is 0 Å². The lowest BCUT2D eigenvalue weighted by Crippen LogP contribution is -2.54. The van der Waals surface area contributed by atoms with Gasteiger partial charge >= 0.3 is 5.97 Å². The zero-order valence-corrected chi connectivity index (χ0v) is 15.6. The molecule has 0 saturated heterocycles. The minimum absolute atomic E-state index is 0.0705. The molecule has 2 aliphatic carbocycles. The van der Waals surface area contributed by atoms with Gasteiger partial charge in [0, 0.05) is 24.2 Å². The van der Waals surface area contributed by atoms with Crippen molar-refractivity contribution in [1.29, 1.82) is 0 Å². The van der Waals surface area contributed by atoms with Crippen LogP contribution in [-0.2, 0) is 4.79 Å². The van der Waals surface area contributed by atoms with Crippen molar-refractivity contribution in [2.24, 2.45) is 28.6 Å². The molecule has 1 fully saturated rings. The third-order valence-corrected chi connectivity index (χ3v) is 7.35. The maximum Gasteiger partial charge on any atom is 0.331 e. The molecule has 0 bridgehead atoms. The van der Waals surface area contributed by atoms with Crippen LogP contribution in [0.5, 0.6) is 0 Å². The van der Waals surface area contributed by atoms with Gasteiger partial charge in [-0.3, -0.25) is 0 Å². The van der Waals surface area contributed by atoms with Gasteiger partial charge in [0.1, 0.15) is 0 Å². The summed E-state index contributed by atoms with van der Waals surface area (Å²) in [4.78, 5) is 11.8. The van der Waals surface area contributed by atoms with Crippen LogP contribution in [0.15, 0.2) is 11.6 Å². The Morgan fingerprint density at radius 1 is 1.28 bits per heavy atom. The fraction of sp³-hybridized carbons (Fsp3) is 0.850. The molecular formula is C20H34O5. The number of allylic oxidation sites excluding steroid dienone is 1. The third kappa shape index (κ3) is 3.64. The molecule has 1 saturated carbocycles. The van der Waals surface area contributed by atoms with Crippen molar-refractivity contribution in [2.75, 3.05) is 19.8 Å². The van der Waals surface area contributed by atoms with E-state index in [0.29, 0.717) is 17.9 Å². The van der Waals surface area contributed by atoms with E-state index in [1.54, 1.807) is 0 Å². The van der Waals surface area contributed by atoms with Crippen LogP contribution in [0, 0.1) is 28.6 Å². The van der Waals surface area contributed by atoms with Crippen molar-refractivity contribution in [2.45, 2.75) is 58.8 Å². The first-order valence-corrected chi connectivity index (χ1v) is 9.62. The van der Waals surface area contributed by atoms with Crippen molar-refractivity contribution in [3.8, 4) is 0 Å². The molecule has 0 radical (unpaired) electrons. The molecule has 2 aliphatic rings. The van der Waals surface area contributed by atoms with E-state index in [-0.39, 0.29) is 37.1 Å². The van der Waals surface area contributed by atoms with E-state index in [4.69, 9.17) is 5.11 Å². The molecule has 0 aromatic carbocycles. The molecular weight excluding hydrogens is 320 g/mol. The lowest BCUT2D eigenvalue weighted by Gasteiger charge is -2.58. The lowest BCUT2D eigenvalue weighted by molar-refractivity contribution is -0.140. The molecule has 0 unspecified atom stereocenters. The summed E-state index contributed by atoms with van der Waals surface area (Å²) >= 11 is 0. The monoisotopic (exact) mass is 354 g/mol. The van der Waals surface area contributed by atoms with Crippen molar-refractivity contribution in [1.82, 2.24) is 0 Å². The fourth-order valence-electron chi connectivity index (χ4n) is 5.50. The Hall–Kier alpha value is -0.910. The highest BCUT2D eigenvalue weighted by atomic mass is 16.4. The summed E-state index contributed by atoms with van der Waals surface area (Å²) in [5, 5.41) is 38.6. The summed E-state index contributed by atoms with van der Waals surface area (Å²) in [5.74, 6) is -0.237. The third-order valence-electron chi connectivity index (χ3n) is 7.35. The number of carboxylic acids is 1. The Labute approximate surface area is 150 Å². The first kappa shape index (κ1) is 20.4. The van der Waals surface area contributed by atoms with E-state index >= 15 is 0 Å². The van der Waals surface area contributed by atoms with E-state index in [1.165, 1.54) is 0 Å². The number of rotatable bonds is 8. The summed E-state index contributed by atoms with van der Waals surface area (Å²) in [6.45, 7) is 4.51. The largest absolute Gasteiger partial charge is 0.478 e. The van der Waals surface area contributed by atoms with Crippen LogP contribution in [0.3, 0.4) is 0 Å². The Morgan fingerprint density at radius 3 is 2.56 bits per heavy atom. The van der Waals surface area contributed by atoms with Gasteiger partial charge in [0.15, 0.2) is 0 Å². The zero-order valence-electron chi connectivity index (χ0n) is 15.6. The smallest absolute Gasteiger partial charge is 0.331 e. The Morgan fingerprint density at radius 2 is 2.00 bits per heavy atom. The number of aliphatic hydroxyl groups excluding tert-OH is 3. The normalized spacial score (nSPS) is 36.4. The molecule has 0 spiro atoms. The summed E-state index contributed by atoms with van der Waals surface area (Å²) in [6.07, 6.45) is 7.40. The van der Waals surface area contributed by atoms with Gasteiger partial charge in [0.2, 0.25) is 0 Å². The first-order chi connectivity index (χ1) is 11.9. The fourth-order valence-corrected chi connectivity index (χ4v) is 5.50. The Kier molecular flexibility index (Phi) is 6.68. The number of carboxylic acid groups (broad SMARTS) is 1. The number of aliphatic hydroxyl groups is 3. The van der Waals surface area contributed by atoms with Gasteiger partial charge < -0.3 is 20.4 Å². The summed E-state index contributed by atoms with van der Waals surface area (Å²) < 4.78 is 0. The molecule has 25 heavy (non-hydrogen) atoms. The van der Waals surface area contributed by atoms with Crippen molar-refractivity contribution in [3.63, 3.8) is 0 Å². The van der Waals surface area contributed by atoms with E-state index in [1.807, 2.05) is 6.08 Å². The second-order valence-corrected chi connectivity index (χ2v) is 8.41. The molecule has 0 aromatic heterocycles. The topological polar surface area (TPSA) is 98.0 Å². The predicted molar refractivity (Wildman–Crippen MR) is 96.0 cm³/mol. The summed E-state index contributed by atoms with van der Waals surface area (Å²) in [7, 11) is 0. The van der Waals surface area contributed by atoms with Crippen LogP contribution in [0.2, 0.25) is 0 Å². The van der Waals surface area contributed by atoms with Crippen LogP contribution in [0.1, 0.15) is 58.8 Å². The molecule has 0 heterocycles. The molecule has 5 heteroatoms. The summed E-state index contributed by atoms with van der Waals surface area (Å²) in [5.41, 5.74) is -0.311. The van der Waals surface area contributed by atoms with E-state index in [9.17, 15) is 20.1 Å². The maximum atomic E-state index is 11.8. The molecule has 0 amide bonds. The van der Waals surface area contributed by atoms with Crippen LogP contribution < -0.4 is 0 Å².